The summed E-state index contributed by atoms with van der Waals surface area (Å²) < 4.78 is 11.3. The molecule has 138 valence electrons. The van der Waals surface area contributed by atoms with Crippen molar-refractivity contribution in [2.24, 2.45) is 5.92 Å². The fraction of sp³-hybridized carbons (Fsp3) is 0.368. The SMILES string of the molecule is COc1ccc(C(C)NC(=O)C2CC(=O)N(Cc3ccco3)C2)cc1Br. The molecule has 1 aromatic heterocycles. The van der Waals surface area contributed by atoms with Crippen LogP contribution >= 0.6 is 15.9 Å². The molecule has 1 saturated heterocycles. The van der Waals surface area contributed by atoms with Gasteiger partial charge in [0, 0.05) is 13.0 Å². The van der Waals surface area contributed by atoms with E-state index in [0.29, 0.717) is 13.1 Å². The fourth-order valence-electron chi connectivity index (χ4n) is 3.06. The largest absolute Gasteiger partial charge is 0.496 e. The minimum atomic E-state index is -0.346. The maximum absolute atomic E-state index is 12.6. The van der Waals surface area contributed by atoms with Crippen LogP contribution in [0.2, 0.25) is 0 Å². The number of likely N-dealkylation sites (tertiary alicyclic amines) is 1. The number of nitrogens with one attached hydrogen (secondary N) is 1. The topological polar surface area (TPSA) is 71.8 Å². The number of furan rings is 1. The molecular weight excluding hydrogens is 400 g/mol. The highest BCUT2D eigenvalue weighted by atomic mass is 79.9. The van der Waals surface area contributed by atoms with Crippen LogP contribution in [0.5, 0.6) is 5.75 Å². The van der Waals surface area contributed by atoms with Gasteiger partial charge in [-0.1, -0.05) is 6.07 Å². The van der Waals surface area contributed by atoms with Gasteiger partial charge in [-0.25, -0.2) is 0 Å². The molecule has 2 atom stereocenters. The third-order valence-electron chi connectivity index (χ3n) is 4.55. The zero-order valence-electron chi connectivity index (χ0n) is 14.7. The molecule has 3 rings (SSSR count). The van der Waals surface area contributed by atoms with Gasteiger partial charge in [0.2, 0.25) is 11.8 Å². The minimum Gasteiger partial charge on any atom is -0.496 e. The third kappa shape index (κ3) is 4.09. The van der Waals surface area contributed by atoms with Gasteiger partial charge in [-0.05, 0) is 52.7 Å². The Morgan fingerprint density at radius 3 is 2.92 bits per heavy atom. The molecule has 0 bridgehead atoms. The number of hydrogen-bond acceptors (Lipinski definition) is 4. The van der Waals surface area contributed by atoms with E-state index in [4.69, 9.17) is 9.15 Å². The predicted molar refractivity (Wildman–Crippen MR) is 99.5 cm³/mol. The van der Waals surface area contributed by atoms with Crippen LogP contribution in [0.3, 0.4) is 0 Å². The molecule has 1 aliphatic heterocycles. The molecule has 2 aromatic rings. The average molecular weight is 421 g/mol. The molecule has 2 heterocycles. The molecule has 1 N–H and O–H groups in total. The molecule has 2 unspecified atom stereocenters. The Morgan fingerprint density at radius 1 is 1.46 bits per heavy atom. The standard InChI is InChI=1S/C19H21BrN2O4/c1-12(13-5-6-17(25-2)16(20)8-13)21-19(24)14-9-18(23)22(10-14)11-15-4-3-7-26-15/h3-8,12,14H,9-11H2,1-2H3,(H,21,24). The average Bonchev–Trinajstić information content (AvgIpc) is 3.25. The van der Waals surface area contributed by atoms with Crippen molar-refractivity contribution in [3.63, 3.8) is 0 Å². The van der Waals surface area contributed by atoms with E-state index in [0.717, 1.165) is 21.5 Å². The Hall–Kier alpha value is -2.28. The molecule has 6 nitrogen and oxygen atoms in total. The van der Waals surface area contributed by atoms with Crippen molar-refractivity contribution in [1.29, 1.82) is 0 Å². The molecule has 1 aromatic carbocycles. The van der Waals surface area contributed by atoms with E-state index in [-0.39, 0.29) is 30.2 Å². The van der Waals surface area contributed by atoms with Crippen LogP contribution in [0, 0.1) is 5.92 Å². The van der Waals surface area contributed by atoms with E-state index in [1.165, 1.54) is 0 Å². The number of amides is 2. The van der Waals surface area contributed by atoms with Crippen LogP contribution in [0.25, 0.3) is 0 Å². The highest BCUT2D eigenvalue weighted by molar-refractivity contribution is 9.10. The van der Waals surface area contributed by atoms with Crippen molar-refractivity contribution in [1.82, 2.24) is 10.2 Å². The van der Waals surface area contributed by atoms with Crippen LogP contribution in [0.1, 0.15) is 30.7 Å². The molecule has 0 spiro atoms. The number of methoxy groups -OCH3 is 1. The van der Waals surface area contributed by atoms with E-state index < -0.39 is 0 Å². The van der Waals surface area contributed by atoms with Gasteiger partial charge >= 0.3 is 0 Å². The van der Waals surface area contributed by atoms with Crippen molar-refractivity contribution >= 4 is 27.7 Å². The lowest BCUT2D eigenvalue weighted by molar-refractivity contribution is -0.129. The van der Waals surface area contributed by atoms with Gasteiger partial charge in [0.05, 0.1) is 36.4 Å². The van der Waals surface area contributed by atoms with E-state index in [1.807, 2.05) is 31.2 Å². The Labute approximate surface area is 160 Å². The van der Waals surface area contributed by atoms with Crippen LogP contribution in [-0.2, 0) is 16.1 Å². The molecule has 1 fully saturated rings. The van der Waals surface area contributed by atoms with Gasteiger partial charge in [0.15, 0.2) is 0 Å². The van der Waals surface area contributed by atoms with Crippen molar-refractivity contribution < 1.29 is 18.7 Å². The summed E-state index contributed by atoms with van der Waals surface area (Å²) in [4.78, 5) is 26.4. The number of halogens is 1. The van der Waals surface area contributed by atoms with E-state index in [2.05, 4.69) is 21.2 Å². The summed E-state index contributed by atoms with van der Waals surface area (Å²) in [6.45, 7) is 2.73. The molecule has 7 heteroatoms. The van der Waals surface area contributed by atoms with Crippen LogP contribution in [0.15, 0.2) is 45.5 Å². The summed E-state index contributed by atoms with van der Waals surface area (Å²) >= 11 is 3.45. The van der Waals surface area contributed by atoms with Crippen molar-refractivity contribution in [2.75, 3.05) is 13.7 Å². The summed E-state index contributed by atoms with van der Waals surface area (Å²) in [5.74, 6) is 0.973. The van der Waals surface area contributed by atoms with Gasteiger partial charge in [-0.3, -0.25) is 9.59 Å². The third-order valence-corrected chi connectivity index (χ3v) is 5.17. The number of benzene rings is 1. The monoisotopic (exact) mass is 420 g/mol. The fourth-order valence-corrected chi connectivity index (χ4v) is 3.62. The van der Waals surface area contributed by atoms with Gasteiger partial charge in [-0.2, -0.15) is 0 Å². The molecule has 26 heavy (non-hydrogen) atoms. The van der Waals surface area contributed by atoms with E-state index >= 15 is 0 Å². The normalized spacial score (nSPS) is 18.0. The number of carbonyl (C=O) groups excluding carboxylic acids is 2. The lowest BCUT2D eigenvalue weighted by Crippen LogP contribution is -2.34. The Balaban J connectivity index is 1.59. The predicted octanol–water partition coefficient (Wildman–Crippen LogP) is 3.28. The first-order valence-electron chi connectivity index (χ1n) is 8.42. The first-order chi connectivity index (χ1) is 12.5. The number of carbonyl (C=O) groups is 2. The smallest absolute Gasteiger partial charge is 0.225 e. The number of rotatable bonds is 6. The zero-order chi connectivity index (χ0) is 18.7. The Bertz CT molecular complexity index is 791. The van der Waals surface area contributed by atoms with Gasteiger partial charge < -0.3 is 19.4 Å². The Morgan fingerprint density at radius 2 is 2.27 bits per heavy atom. The maximum Gasteiger partial charge on any atom is 0.225 e. The van der Waals surface area contributed by atoms with Crippen molar-refractivity contribution in [2.45, 2.75) is 25.9 Å². The quantitative estimate of drug-likeness (QED) is 0.777. The first-order valence-corrected chi connectivity index (χ1v) is 9.21. The summed E-state index contributed by atoms with van der Waals surface area (Å²) in [5.41, 5.74) is 0.961. The number of ether oxygens (including phenoxy) is 1. The van der Waals surface area contributed by atoms with Crippen LogP contribution in [-0.4, -0.2) is 30.4 Å². The second kappa shape index (κ2) is 7.95. The van der Waals surface area contributed by atoms with Crippen LogP contribution in [0.4, 0.5) is 0 Å². The highest BCUT2D eigenvalue weighted by Gasteiger charge is 2.35. The maximum atomic E-state index is 12.6. The summed E-state index contributed by atoms with van der Waals surface area (Å²) in [6, 6.07) is 9.13. The molecule has 0 saturated carbocycles. The molecular formula is C19H21BrN2O4. The van der Waals surface area contributed by atoms with E-state index in [9.17, 15) is 9.59 Å². The summed E-state index contributed by atoms with van der Waals surface area (Å²) in [6.07, 6.45) is 1.81. The number of nitrogens with zero attached hydrogens (tertiary/aromatic N) is 1. The molecule has 0 aliphatic carbocycles. The van der Waals surface area contributed by atoms with Crippen molar-refractivity contribution in [3.8, 4) is 5.75 Å². The first kappa shape index (κ1) is 18.5. The molecule has 0 radical (unpaired) electrons. The van der Waals surface area contributed by atoms with Gasteiger partial charge in [0.25, 0.3) is 0 Å². The minimum absolute atomic E-state index is 0.0265. The molecule has 2 amide bonds. The van der Waals surface area contributed by atoms with Gasteiger partial charge in [0.1, 0.15) is 11.5 Å². The summed E-state index contributed by atoms with van der Waals surface area (Å²) in [7, 11) is 1.61. The van der Waals surface area contributed by atoms with Crippen LogP contribution < -0.4 is 10.1 Å². The second-order valence-electron chi connectivity index (χ2n) is 6.38. The lowest BCUT2D eigenvalue weighted by atomic mass is 10.0. The lowest BCUT2D eigenvalue weighted by Gasteiger charge is -2.19. The zero-order valence-corrected chi connectivity index (χ0v) is 16.3. The highest BCUT2D eigenvalue weighted by Crippen LogP contribution is 2.28. The van der Waals surface area contributed by atoms with Crippen molar-refractivity contribution in [3.05, 3.63) is 52.4 Å². The number of hydrogen-bond donors (Lipinski definition) is 1. The van der Waals surface area contributed by atoms with Gasteiger partial charge in [-0.15, -0.1) is 0 Å². The van der Waals surface area contributed by atoms with E-state index in [1.54, 1.807) is 24.3 Å². The second-order valence-corrected chi connectivity index (χ2v) is 7.23. The molecule has 1 aliphatic rings. The summed E-state index contributed by atoms with van der Waals surface area (Å²) in [5, 5.41) is 3.00. The Kier molecular flexibility index (Phi) is 5.66.